The van der Waals surface area contributed by atoms with E-state index in [1.165, 1.54) is 35.4 Å². The van der Waals surface area contributed by atoms with Crippen molar-refractivity contribution in [2.75, 3.05) is 0 Å². The van der Waals surface area contributed by atoms with Gasteiger partial charge in [-0.15, -0.1) is 0 Å². The molecule has 8 nitrogen and oxygen atoms in total. The zero-order valence-corrected chi connectivity index (χ0v) is 26.1. The molecule has 0 aliphatic carbocycles. The number of nitrogens with one attached hydrogen (secondary N) is 1. The van der Waals surface area contributed by atoms with Crippen molar-refractivity contribution >= 4 is 32.2 Å². The van der Waals surface area contributed by atoms with Gasteiger partial charge in [-0.1, -0.05) is 48.6 Å². The molecule has 0 bridgehead atoms. The molecule has 5 N–H and O–H groups in total. The van der Waals surface area contributed by atoms with Gasteiger partial charge in [-0.3, -0.25) is 0 Å². The van der Waals surface area contributed by atoms with Gasteiger partial charge >= 0.3 is 59.1 Å². The number of ether oxygens (including phenoxy) is 1. The van der Waals surface area contributed by atoms with E-state index >= 15 is 0 Å². The second-order valence-electron chi connectivity index (χ2n) is 8.01. The van der Waals surface area contributed by atoms with Gasteiger partial charge in [0.05, 0.1) is 9.79 Å². The Labute approximate surface area is 259 Å². The summed E-state index contributed by atoms with van der Waals surface area (Å²) in [6.45, 7) is 3.47. The van der Waals surface area contributed by atoms with E-state index in [0.717, 1.165) is 18.7 Å². The molecule has 0 amide bonds. The maximum Gasteiger partial charge on any atom is 1.00 e. The van der Waals surface area contributed by atoms with Crippen LogP contribution in [-0.4, -0.2) is 16.8 Å². The minimum Gasteiger partial charge on any atom is -1.00 e. The van der Waals surface area contributed by atoms with Gasteiger partial charge < -0.3 is 12.9 Å². The number of rotatable bonds is 7. The van der Waals surface area contributed by atoms with E-state index in [2.05, 4.69) is 11.4 Å². The molecule has 1 aliphatic heterocycles. The quantitative estimate of drug-likeness (QED) is 0.215. The summed E-state index contributed by atoms with van der Waals surface area (Å²) in [5.41, 5.74) is 4.05. The topological polar surface area (TPSA) is 142 Å². The van der Waals surface area contributed by atoms with Crippen LogP contribution >= 0.6 is 0 Å². The fourth-order valence-electron chi connectivity index (χ4n) is 4.04. The van der Waals surface area contributed by atoms with Gasteiger partial charge in [0.2, 0.25) is 20.0 Å². The molecule has 36 heavy (non-hydrogen) atoms. The number of primary sulfonamides is 2. The molecule has 1 aliphatic rings. The number of hydrogen-bond donors (Lipinski definition) is 3. The number of fused-ring (bicyclic) bond motifs is 1. The summed E-state index contributed by atoms with van der Waals surface area (Å²) in [6, 6.07) is 16.8. The Balaban J connectivity index is 0.00000342. The summed E-state index contributed by atoms with van der Waals surface area (Å²) < 4.78 is 54.4. The van der Waals surface area contributed by atoms with Crippen LogP contribution in [0.25, 0.3) is 12.2 Å². The van der Waals surface area contributed by atoms with Crippen molar-refractivity contribution in [3.05, 3.63) is 88.5 Å². The number of nitrogens with two attached hydrogens (primary N) is 2. The van der Waals surface area contributed by atoms with Gasteiger partial charge in [-0.2, -0.15) is 0 Å². The first-order chi connectivity index (χ1) is 16.0. The van der Waals surface area contributed by atoms with Crippen molar-refractivity contribution in [1.29, 1.82) is 0 Å². The fourth-order valence-corrected chi connectivity index (χ4v) is 5.51. The van der Waals surface area contributed by atoms with Crippen molar-refractivity contribution in [1.82, 2.24) is 5.32 Å². The average Bonchev–Trinajstić information content (AvgIpc) is 3.26. The number of benzene rings is 3. The molecular formula is C24H27N3Na2O5S2. The maximum atomic E-state index is 12.3. The molecule has 182 valence electrons. The van der Waals surface area contributed by atoms with E-state index in [-0.39, 0.29) is 83.4 Å². The molecule has 4 rings (SSSR count). The summed E-state index contributed by atoms with van der Waals surface area (Å²) in [5, 5.41) is 14.1. The standard InChI is InChI=1S/C24H25N3O5S2.2Na.2H/c1-16(21-7-4-6-19-14-27-15-22(19)21)32-20-12-11-18(24(13-20)34(26,30)31)10-9-17-5-2-3-8-23(17)33(25,28)29;;;;/h2-13,16,27H,14-15H2,1H3,(H2,25,28,29)(H2,26,30,31);;;;/q;2*+1;2*-1. The molecule has 3 aromatic rings. The van der Waals surface area contributed by atoms with Crippen molar-refractivity contribution in [2.45, 2.75) is 35.9 Å². The predicted octanol–water partition coefficient (Wildman–Crippen LogP) is -2.87. The van der Waals surface area contributed by atoms with Gasteiger partial charge in [0.15, 0.2) is 0 Å². The minimum absolute atomic E-state index is 0. The third kappa shape index (κ3) is 7.30. The monoisotopic (exact) mass is 547 g/mol. The van der Waals surface area contributed by atoms with Crippen LogP contribution in [0.5, 0.6) is 5.75 Å². The molecule has 0 fully saturated rings. The molecule has 1 heterocycles. The molecule has 3 aromatic carbocycles. The zero-order valence-electron chi connectivity index (χ0n) is 22.4. The first-order valence-corrected chi connectivity index (χ1v) is 13.6. The van der Waals surface area contributed by atoms with E-state index in [4.69, 9.17) is 15.0 Å². The fraction of sp³-hybridized carbons (Fsp3) is 0.167. The number of hydrogen-bond acceptors (Lipinski definition) is 6. The van der Waals surface area contributed by atoms with Crippen molar-refractivity contribution in [2.24, 2.45) is 10.3 Å². The molecule has 0 aromatic heterocycles. The number of sulfonamides is 2. The van der Waals surface area contributed by atoms with Crippen LogP contribution in [-0.2, 0) is 33.1 Å². The molecular weight excluding hydrogens is 520 g/mol. The smallest absolute Gasteiger partial charge is 1.00 e. The van der Waals surface area contributed by atoms with Gasteiger partial charge in [0, 0.05) is 19.2 Å². The Bertz CT molecular complexity index is 1500. The van der Waals surface area contributed by atoms with Crippen LogP contribution < -0.4 is 79.4 Å². The second-order valence-corrected chi connectivity index (χ2v) is 11.1. The largest absolute Gasteiger partial charge is 1.00 e. The van der Waals surface area contributed by atoms with Gasteiger partial charge in [-0.25, -0.2) is 27.1 Å². The molecule has 0 spiro atoms. The van der Waals surface area contributed by atoms with Crippen LogP contribution in [0.2, 0.25) is 0 Å². The van der Waals surface area contributed by atoms with E-state index in [0.29, 0.717) is 11.3 Å². The normalized spacial score (nSPS) is 14.0. The summed E-state index contributed by atoms with van der Waals surface area (Å²) >= 11 is 0. The van der Waals surface area contributed by atoms with E-state index in [1.807, 2.05) is 19.1 Å². The van der Waals surface area contributed by atoms with Crippen LogP contribution in [0.4, 0.5) is 0 Å². The van der Waals surface area contributed by atoms with Gasteiger partial charge in [-0.05, 0) is 52.9 Å². The minimum atomic E-state index is -4.09. The predicted molar refractivity (Wildman–Crippen MR) is 133 cm³/mol. The Morgan fingerprint density at radius 3 is 2.17 bits per heavy atom. The Kier molecular flexibility index (Phi) is 11.0. The Morgan fingerprint density at radius 1 is 0.861 bits per heavy atom. The molecule has 0 saturated carbocycles. The first-order valence-electron chi connectivity index (χ1n) is 10.5. The summed E-state index contributed by atoms with van der Waals surface area (Å²) in [7, 11) is -8.04. The van der Waals surface area contributed by atoms with Crippen molar-refractivity contribution in [3.63, 3.8) is 0 Å². The third-order valence-corrected chi connectivity index (χ3v) is 7.59. The zero-order chi connectivity index (χ0) is 24.5. The van der Waals surface area contributed by atoms with E-state index < -0.39 is 20.0 Å². The molecule has 0 radical (unpaired) electrons. The first kappa shape index (κ1) is 31.2. The average molecular weight is 548 g/mol. The third-order valence-electron chi connectivity index (χ3n) is 5.64. The van der Waals surface area contributed by atoms with Crippen LogP contribution in [0, 0.1) is 0 Å². The maximum absolute atomic E-state index is 12.3. The molecule has 1 unspecified atom stereocenters. The summed E-state index contributed by atoms with van der Waals surface area (Å²) in [6.07, 6.45) is 2.64. The van der Waals surface area contributed by atoms with Crippen LogP contribution in [0.3, 0.4) is 0 Å². The summed E-state index contributed by atoms with van der Waals surface area (Å²) in [5.74, 6) is 0.349. The summed E-state index contributed by atoms with van der Waals surface area (Å²) in [4.78, 5) is -0.205. The molecule has 1 atom stereocenters. The van der Waals surface area contributed by atoms with Crippen molar-refractivity contribution in [3.8, 4) is 5.75 Å². The molecule has 0 saturated heterocycles. The van der Waals surface area contributed by atoms with Gasteiger partial charge in [0.25, 0.3) is 0 Å². The van der Waals surface area contributed by atoms with Crippen molar-refractivity contribution < 1.29 is 83.5 Å². The second kappa shape index (κ2) is 12.7. The van der Waals surface area contributed by atoms with Crippen LogP contribution in [0.15, 0.2) is 70.5 Å². The molecule has 12 heteroatoms. The van der Waals surface area contributed by atoms with Gasteiger partial charge in [0.1, 0.15) is 11.9 Å². The Hall–Kier alpha value is -1.02. The van der Waals surface area contributed by atoms with E-state index in [1.54, 1.807) is 30.3 Å². The van der Waals surface area contributed by atoms with E-state index in [9.17, 15) is 16.8 Å². The SMILES string of the molecule is CC(Oc1ccc(C=Cc2ccccc2S(N)(=O)=O)c(S(N)(=O)=O)c1)c1cccc2c1CNC2.[H-].[H-].[Na+].[Na+]. The van der Waals surface area contributed by atoms with Crippen LogP contribution in [0.1, 0.15) is 43.7 Å². The Morgan fingerprint density at radius 2 is 1.50 bits per heavy atom.